The van der Waals surface area contributed by atoms with E-state index in [-0.39, 0.29) is 0 Å². The van der Waals surface area contributed by atoms with Gasteiger partial charge in [0, 0.05) is 31.7 Å². The van der Waals surface area contributed by atoms with E-state index < -0.39 is 0 Å². The van der Waals surface area contributed by atoms with Crippen molar-refractivity contribution in [3.05, 3.63) is 33.8 Å². The Labute approximate surface area is 126 Å². The standard InChI is InChI=1S/C15H22Cl2N2/c1-3-4-13-10-19(11(2)8-18-13)9-12-5-6-14(16)15(17)7-12/h5-7,11,13,18H,3-4,8-10H2,1-2H3. The van der Waals surface area contributed by atoms with E-state index in [1.54, 1.807) is 0 Å². The maximum atomic E-state index is 6.08. The highest BCUT2D eigenvalue weighted by Gasteiger charge is 2.24. The molecule has 1 heterocycles. The first-order valence-corrected chi connectivity index (χ1v) is 7.77. The summed E-state index contributed by atoms with van der Waals surface area (Å²) in [5.41, 5.74) is 1.23. The second kappa shape index (κ2) is 6.94. The number of hydrogen-bond acceptors (Lipinski definition) is 2. The lowest BCUT2D eigenvalue weighted by atomic mass is 10.0. The van der Waals surface area contributed by atoms with Crippen LogP contribution in [0.2, 0.25) is 10.0 Å². The van der Waals surface area contributed by atoms with E-state index in [4.69, 9.17) is 23.2 Å². The summed E-state index contributed by atoms with van der Waals surface area (Å²) < 4.78 is 0. The Balaban J connectivity index is 2.01. The van der Waals surface area contributed by atoms with Crippen LogP contribution in [0.25, 0.3) is 0 Å². The molecule has 2 unspecified atom stereocenters. The van der Waals surface area contributed by atoms with Crippen molar-refractivity contribution in [2.24, 2.45) is 0 Å². The second-order valence-corrected chi connectivity index (χ2v) is 6.24. The number of rotatable bonds is 4. The number of nitrogens with zero attached hydrogens (tertiary/aromatic N) is 1. The molecule has 2 rings (SSSR count). The quantitative estimate of drug-likeness (QED) is 0.905. The van der Waals surface area contributed by atoms with Crippen LogP contribution in [0.1, 0.15) is 32.3 Å². The van der Waals surface area contributed by atoms with Gasteiger partial charge in [0.05, 0.1) is 10.0 Å². The van der Waals surface area contributed by atoms with Gasteiger partial charge in [0.2, 0.25) is 0 Å². The van der Waals surface area contributed by atoms with E-state index >= 15 is 0 Å². The molecule has 1 aromatic rings. The molecule has 1 N–H and O–H groups in total. The molecule has 0 radical (unpaired) electrons. The number of piperazine rings is 1. The molecule has 106 valence electrons. The average molecular weight is 301 g/mol. The van der Waals surface area contributed by atoms with Crippen molar-refractivity contribution in [2.75, 3.05) is 13.1 Å². The molecule has 1 aromatic carbocycles. The lowest BCUT2D eigenvalue weighted by Crippen LogP contribution is -2.54. The van der Waals surface area contributed by atoms with Gasteiger partial charge in [0.15, 0.2) is 0 Å². The fourth-order valence-corrected chi connectivity index (χ4v) is 2.95. The highest BCUT2D eigenvalue weighted by molar-refractivity contribution is 6.42. The Kier molecular flexibility index (Phi) is 5.52. The summed E-state index contributed by atoms with van der Waals surface area (Å²) >= 11 is 12.0. The minimum absolute atomic E-state index is 0.558. The third-order valence-electron chi connectivity index (χ3n) is 3.79. The van der Waals surface area contributed by atoms with Crippen LogP contribution in [0.15, 0.2) is 18.2 Å². The van der Waals surface area contributed by atoms with Gasteiger partial charge in [0.25, 0.3) is 0 Å². The van der Waals surface area contributed by atoms with Crippen molar-refractivity contribution in [3.63, 3.8) is 0 Å². The van der Waals surface area contributed by atoms with Gasteiger partial charge in [0.1, 0.15) is 0 Å². The van der Waals surface area contributed by atoms with E-state index in [1.165, 1.54) is 18.4 Å². The summed E-state index contributed by atoms with van der Waals surface area (Å²) in [4.78, 5) is 2.52. The molecule has 0 aromatic heterocycles. The topological polar surface area (TPSA) is 15.3 Å². The zero-order chi connectivity index (χ0) is 13.8. The van der Waals surface area contributed by atoms with Gasteiger partial charge in [-0.1, -0.05) is 42.6 Å². The molecule has 4 heteroatoms. The second-order valence-electron chi connectivity index (χ2n) is 5.42. The van der Waals surface area contributed by atoms with Crippen molar-refractivity contribution in [1.29, 1.82) is 0 Å². The number of halogens is 2. The van der Waals surface area contributed by atoms with Crippen LogP contribution in [-0.2, 0) is 6.54 Å². The molecule has 0 amide bonds. The molecule has 0 aliphatic carbocycles. The predicted octanol–water partition coefficient (Wildman–Crippen LogP) is 3.96. The molecule has 1 fully saturated rings. The summed E-state index contributed by atoms with van der Waals surface area (Å²) in [6.45, 7) is 7.62. The van der Waals surface area contributed by atoms with Gasteiger partial charge in [-0.05, 0) is 31.0 Å². The van der Waals surface area contributed by atoms with Crippen molar-refractivity contribution in [1.82, 2.24) is 10.2 Å². The molecular weight excluding hydrogens is 279 g/mol. The third-order valence-corrected chi connectivity index (χ3v) is 4.53. The molecule has 0 saturated carbocycles. The maximum absolute atomic E-state index is 6.08. The van der Waals surface area contributed by atoms with Crippen LogP contribution in [0, 0.1) is 0 Å². The molecule has 2 nitrogen and oxygen atoms in total. The first kappa shape index (κ1) is 15.1. The van der Waals surface area contributed by atoms with Crippen LogP contribution in [0.4, 0.5) is 0 Å². The first-order chi connectivity index (χ1) is 9.10. The summed E-state index contributed by atoms with van der Waals surface area (Å²) in [7, 11) is 0. The van der Waals surface area contributed by atoms with Crippen LogP contribution < -0.4 is 5.32 Å². The van der Waals surface area contributed by atoms with Crippen LogP contribution >= 0.6 is 23.2 Å². The lowest BCUT2D eigenvalue weighted by Gasteiger charge is -2.39. The number of nitrogens with one attached hydrogen (secondary N) is 1. The lowest BCUT2D eigenvalue weighted by molar-refractivity contribution is 0.129. The summed E-state index contributed by atoms with van der Waals surface area (Å²) in [6.07, 6.45) is 2.47. The zero-order valence-corrected chi connectivity index (χ0v) is 13.1. The summed E-state index contributed by atoms with van der Waals surface area (Å²) in [5, 5.41) is 4.89. The van der Waals surface area contributed by atoms with Crippen LogP contribution in [-0.4, -0.2) is 30.1 Å². The summed E-state index contributed by atoms with van der Waals surface area (Å²) in [5.74, 6) is 0. The highest BCUT2D eigenvalue weighted by atomic mass is 35.5. The Hall–Kier alpha value is -0.280. The molecule has 1 aliphatic heterocycles. The molecule has 1 aliphatic rings. The van der Waals surface area contributed by atoms with Crippen molar-refractivity contribution in [2.45, 2.75) is 45.3 Å². The maximum Gasteiger partial charge on any atom is 0.0595 e. The van der Waals surface area contributed by atoms with Crippen molar-refractivity contribution >= 4 is 23.2 Å². The Morgan fingerprint density at radius 1 is 1.32 bits per heavy atom. The van der Waals surface area contributed by atoms with Crippen molar-refractivity contribution < 1.29 is 0 Å². The highest BCUT2D eigenvalue weighted by Crippen LogP contribution is 2.24. The van der Waals surface area contributed by atoms with E-state index in [2.05, 4.69) is 30.1 Å². The normalized spacial score (nSPS) is 24.6. The van der Waals surface area contributed by atoms with Gasteiger partial charge in [-0.15, -0.1) is 0 Å². The third kappa shape index (κ3) is 4.09. The fraction of sp³-hybridized carbons (Fsp3) is 0.600. The Bertz CT molecular complexity index is 423. The smallest absolute Gasteiger partial charge is 0.0595 e. The fourth-order valence-electron chi connectivity index (χ4n) is 2.63. The molecule has 1 saturated heterocycles. The number of hydrogen-bond donors (Lipinski definition) is 1. The first-order valence-electron chi connectivity index (χ1n) is 7.01. The molecular formula is C15H22Cl2N2. The van der Waals surface area contributed by atoms with Gasteiger partial charge in [-0.3, -0.25) is 4.90 Å². The van der Waals surface area contributed by atoms with Crippen LogP contribution in [0.3, 0.4) is 0 Å². The largest absolute Gasteiger partial charge is 0.311 e. The van der Waals surface area contributed by atoms with E-state index in [0.717, 1.165) is 19.6 Å². The molecule has 0 bridgehead atoms. The van der Waals surface area contributed by atoms with Crippen molar-refractivity contribution in [3.8, 4) is 0 Å². The van der Waals surface area contributed by atoms with E-state index in [9.17, 15) is 0 Å². The SMILES string of the molecule is CCCC1CN(Cc2ccc(Cl)c(Cl)c2)C(C)CN1. The van der Waals surface area contributed by atoms with Crippen LogP contribution in [0.5, 0.6) is 0 Å². The predicted molar refractivity (Wildman–Crippen MR) is 83.0 cm³/mol. The average Bonchev–Trinajstić information content (AvgIpc) is 2.38. The van der Waals surface area contributed by atoms with E-state index in [0.29, 0.717) is 22.1 Å². The molecule has 19 heavy (non-hydrogen) atoms. The van der Waals surface area contributed by atoms with Gasteiger partial charge in [-0.25, -0.2) is 0 Å². The monoisotopic (exact) mass is 300 g/mol. The van der Waals surface area contributed by atoms with Gasteiger partial charge in [-0.2, -0.15) is 0 Å². The number of benzene rings is 1. The molecule has 2 atom stereocenters. The zero-order valence-electron chi connectivity index (χ0n) is 11.6. The minimum atomic E-state index is 0.558. The molecule has 0 spiro atoms. The summed E-state index contributed by atoms with van der Waals surface area (Å²) in [6, 6.07) is 7.10. The van der Waals surface area contributed by atoms with E-state index in [1.807, 2.05) is 12.1 Å². The minimum Gasteiger partial charge on any atom is -0.311 e. The van der Waals surface area contributed by atoms with Gasteiger partial charge < -0.3 is 5.32 Å². The van der Waals surface area contributed by atoms with Gasteiger partial charge >= 0.3 is 0 Å². The Morgan fingerprint density at radius 2 is 2.11 bits per heavy atom. The Morgan fingerprint density at radius 3 is 2.79 bits per heavy atom.